The minimum Gasteiger partial charge on any atom is -0.466 e. The van der Waals surface area contributed by atoms with Gasteiger partial charge < -0.3 is 14.6 Å². The van der Waals surface area contributed by atoms with Gasteiger partial charge in [0.1, 0.15) is 12.3 Å². The van der Waals surface area contributed by atoms with Crippen LogP contribution in [0, 0.1) is 0 Å². The molecule has 0 bridgehead atoms. The molecule has 0 unspecified atom stereocenters. The van der Waals surface area contributed by atoms with E-state index >= 15 is 0 Å². The summed E-state index contributed by atoms with van der Waals surface area (Å²) < 4.78 is 5.23. The topological polar surface area (TPSA) is 82.9 Å². The Balaban J connectivity index is 2.16. The highest BCUT2D eigenvalue weighted by Gasteiger charge is 2.51. The Bertz CT molecular complexity index is 628. The largest absolute Gasteiger partial charge is 0.466 e. The van der Waals surface area contributed by atoms with Crippen molar-refractivity contribution < 1.29 is 18.8 Å². The highest BCUT2D eigenvalue weighted by molar-refractivity contribution is 6.08. The number of urea groups is 1. The molecule has 1 aromatic rings. The highest BCUT2D eigenvalue weighted by atomic mass is 16.3. The second-order valence-corrected chi connectivity index (χ2v) is 5.30. The van der Waals surface area contributed by atoms with Crippen molar-refractivity contribution in [3.05, 3.63) is 49.5 Å². The third-order valence-corrected chi connectivity index (χ3v) is 3.63. The number of amides is 4. The predicted octanol–water partition coefficient (Wildman–Crippen LogP) is 1.25. The Morgan fingerprint density at radius 3 is 2.57 bits per heavy atom. The Labute approximate surface area is 134 Å². The molecule has 2 heterocycles. The Hall–Kier alpha value is -2.83. The van der Waals surface area contributed by atoms with Gasteiger partial charge in [-0.15, -0.1) is 13.2 Å². The van der Waals surface area contributed by atoms with Crippen LogP contribution in [0.1, 0.15) is 12.7 Å². The van der Waals surface area contributed by atoms with Crippen molar-refractivity contribution in [3.8, 4) is 0 Å². The zero-order chi connectivity index (χ0) is 17.0. The maximum atomic E-state index is 12.6. The third-order valence-electron chi connectivity index (χ3n) is 3.63. The van der Waals surface area contributed by atoms with Crippen LogP contribution in [0.5, 0.6) is 0 Å². The number of nitrogens with zero attached hydrogens (tertiary/aromatic N) is 2. The van der Waals surface area contributed by atoms with Crippen LogP contribution in [-0.4, -0.2) is 47.3 Å². The summed E-state index contributed by atoms with van der Waals surface area (Å²) >= 11 is 0. The van der Waals surface area contributed by atoms with Crippen molar-refractivity contribution in [1.82, 2.24) is 15.1 Å². The monoisotopic (exact) mass is 317 g/mol. The smallest absolute Gasteiger partial charge is 0.325 e. The molecule has 1 aliphatic rings. The van der Waals surface area contributed by atoms with Gasteiger partial charge >= 0.3 is 6.03 Å². The van der Waals surface area contributed by atoms with Gasteiger partial charge in [-0.1, -0.05) is 12.2 Å². The molecule has 1 N–H and O–H groups in total. The normalized spacial score (nSPS) is 20.3. The second kappa shape index (κ2) is 6.51. The molecule has 1 aromatic heterocycles. The molecule has 0 aromatic carbocycles. The van der Waals surface area contributed by atoms with Gasteiger partial charge in [0.25, 0.3) is 5.91 Å². The minimum atomic E-state index is -1.30. The van der Waals surface area contributed by atoms with Crippen molar-refractivity contribution in [2.24, 2.45) is 0 Å². The third kappa shape index (κ3) is 3.03. The van der Waals surface area contributed by atoms with Crippen LogP contribution in [0.3, 0.4) is 0 Å². The fraction of sp³-hybridized carbons (Fsp3) is 0.312. The number of rotatable bonds is 7. The minimum absolute atomic E-state index is 0.309. The molecular weight excluding hydrogens is 298 g/mol. The molecule has 1 aliphatic heterocycles. The van der Waals surface area contributed by atoms with E-state index in [9.17, 15) is 14.4 Å². The Kier molecular flexibility index (Phi) is 4.68. The molecule has 1 saturated heterocycles. The summed E-state index contributed by atoms with van der Waals surface area (Å²) in [7, 11) is 0. The Morgan fingerprint density at radius 2 is 2.04 bits per heavy atom. The van der Waals surface area contributed by atoms with Gasteiger partial charge in [-0.25, -0.2) is 4.79 Å². The fourth-order valence-electron chi connectivity index (χ4n) is 2.40. The van der Waals surface area contributed by atoms with E-state index < -0.39 is 17.5 Å². The number of imide groups is 1. The summed E-state index contributed by atoms with van der Waals surface area (Å²) in [4.78, 5) is 39.3. The van der Waals surface area contributed by atoms with E-state index in [-0.39, 0.29) is 12.5 Å². The van der Waals surface area contributed by atoms with E-state index in [1.165, 1.54) is 11.2 Å². The summed E-state index contributed by atoms with van der Waals surface area (Å²) in [6.45, 7) is 8.98. The van der Waals surface area contributed by atoms with Crippen LogP contribution in [0.4, 0.5) is 4.79 Å². The highest BCUT2D eigenvalue weighted by Crippen LogP contribution is 2.28. The lowest BCUT2D eigenvalue weighted by molar-refractivity contribution is -0.138. The van der Waals surface area contributed by atoms with Crippen LogP contribution in [0.25, 0.3) is 0 Å². The predicted molar refractivity (Wildman–Crippen MR) is 83.3 cm³/mol. The van der Waals surface area contributed by atoms with Gasteiger partial charge in [0.15, 0.2) is 5.54 Å². The quantitative estimate of drug-likeness (QED) is 0.606. The maximum absolute atomic E-state index is 12.6. The molecule has 4 amide bonds. The molecule has 1 fully saturated rings. The molecule has 122 valence electrons. The van der Waals surface area contributed by atoms with E-state index in [0.717, 1.165) is 4.90 Å². The van der Waals surface area contributed by atoms with Crippen LogP contribution in [0.15, 0.2) is 48.1 Å². The zero-order valence-corrected chi connectivity index (χ0v) is 12.9. The van der Waals surface area contributed by atoms with Gasteiger partial charge in [-0.2, -0.15) is 0 Å². The molecule has 0 aliphatic carbocycles. The number of furan rings is 1. The average Bonchev–Trinajstić information content (AvgIpc) is 3.11. The van der Waals surface area contributed by atoms with Gasteiger partial charge in [-0.3, -0.25) is 14.5 Å². The molecule has 1 atom stereocenters. The molecule has 7 heteroatoms. The first-order valence-corrected chi connectivity index (χ1v) is 7.11. The van der Waals surface area contributed by atoms with E-state index in [1.807, 2.05) is 0 Å². The molecular formula is C16H19N3O4. The number of hydrogen-bond acceptors (Lipinski definition) is 4. The molecule has 23 heavy (non-hydrogen) atoms. The SMILES string of the molecule is C=CCN(CC=C)C(=O)CN1C(=O)N[C@](C)(c2ccco2)C1=O. The maximum Gasteiger partial charge on any atom is 0.325 e. The van der Waals surface area contributed by atoms with Crippen LogP contribution < -0.4 is 5.32 Å². The van der Waals surface area contributed by atoms with E-state index in [4.69, 9.17) is 4.42 Å². The van der Waals surface area contributed by atoms with Crippen molar-refractivity contribution in [2.45, 2.75) is 12.5 Å². The first-order chi connectivity index (χ1) is 10.9. The standard InChI is InChI=1S/C16H19N3O4/c1-4-8-18(9-5-2)13(20)11-19-14(21)16(3,17-15(19)22)12-7-6-10-23-12/h4-7,10H,1-2,8-9,11H2,3H3,(H,17,22)/t16-/m1/s1. The van der Waals surface area contributed by atoms with E-state index in [1.54, 1.807) is 31.2 Å². The van der Waals surface area contributed by atoms with Crippen LogP contribution in [-0.2, 0) is 15.1 Å². The first kappa shape index (κ1) is 16.5. The van der Waals surface area contributed by atoms with Gasteiger partial charge in [-0.05, 0) is 19.1 Å². The number of carbonyl (C=O) groups excluding carboxylic acids is 3. The molecule has 0 radical (unpaired) electrons. The fourth-order valence-corrected chi connectivity index (χ4v) is 2.40. The van der Waals surface area contributed by atoms with E-state index in [0.29, 0.717) is 18.8 Å². The number of nitrogens with one attached hydrogen (secondary N) is 1. The van der Waals surface area contributed by atoms with Gasteiger partial charge in [0.2, 0.25) is 5.91 Å². The number of hydrogen-bond donors (Lipinski definition) is 1. The summed E-state index contributed by atoms with van der Waals surface area (Å²) in [5.41, 5.74) is -1.30. The summed E-state index contributed by atoms with van der Waals surface area (Å²) in [6.07, 6.45) is 4.56. The van der Waals surface area contributed by atoms with Crippen molar-refractivity contribution in [3.63, 3.8) is 0 Å². The lowest BCUT2D eigenvalue weighted by atomic mass is 9.99. The number of carbonyl (C=O) groups is 3. The summed E-state index contributed by atoms with van der Waals surface area (Å²) in [5.74, 6) is -0.570. The molecule has 7 nitrogen and oxygen atoms in total. The zero-order valence-electron chi connectivity index (χ0n) is 12.9. The lowest BCUT2D eigenvalue weighted by Crippen LogP contribution is -2.44. The first-order valence-electron chi connectivity index (χ1n) is 7.11. The van der Waals surface area contributed by atoms with Crippen molar-refractivity contribution in [2.75, 3.05) is 19.6 Å². The van der Waals surface area contributed by atoms with Crippen molar-refractivity contribution >= 4 is 17.8 Å². The molecule has 2 rings (SSSR count). The molecule has 0 spiro atoms. The molecule has 0 saturated carbocycles. The lowest BCUT2D eigenvalue weighted by Gasteiger charge is -2.22. The van der Waals surface area contributed by atoms with Gasteiger partial charge in [0, 0.05) is 13.1 Å². The second-order valence-electron chi connectivity index (χ2n) is 5.30. The average molecular weight is 317 g/mol. The van der Waals surface area contributed by atoms with Crippen LogP contribution >= 0.6 is 0 Å². The van der Waals surface area contributed by atoms with Crippen molar-refractivity contribution in [1.29, 1.82) is 0 Å². The van der Waals surface area contributed by atoms with Crippen LogP contribution in [0.2, 0.25) is 0 Å². The van der Waals surface area contributed by atoms with Gasteiger partial charge in [0.05, 0.1) is 6.26 Å². The summed E-state index contributed by atoms with van der Waals surface area (Å²) in [6, 6.07) is 2.61. The summed E-state index contributed by atoms with van der Waals surface area (Å²) in [5, 5.41) is 2.57. The Morgan fingerprint density at radius 1 is 1.39 bits per heavy atom. The van der Waals surface area contributed by atoms with E-state index in [2.05, 4.69) is 18.5 Å².